The monoisotopic (exact) mass is 324 g/mol. The highest BCUT2D eigenvalue weighted by molar-refractivity contribution is 7.12. The Morgan fingerprint density at radius 2 is 2.14 bits per heavy atom. The normalized spacial score (nSPS) is 16.2. The lowest BCUT2D eigenvalue weighted by molar-refractivity contribution is 0.478. The number of hydrogen-bond donors (Lipinski definition) is 2. The molecule has 3 rings (SSSR count). The molecular weight excluding hydrogens is 304 g/mol. The number of halogens is 1. The molecule has 114 valence electrons. The van der Waals surface area contributed by atoms with E-state index in [4.69, 9.17) is 17.4 Å². The van der Waals surface area contributed by atoms with Crippen LogP contribution in [0.2, 0.25) is 5.02 Å². The number of nitrogens with one attached hydrogen (secondary N) is 1. The van der Waals surface area contributed by atoms with E-state index in [9.17, 15) is 0 Å². The molecule has 21 heavy (non-hydrogen) atoms. The lowest BCUT2D eigenvalue weighted by Crippen LogP contribution is -2.30. The van der Waals surface area contributed by atoms with E-state index in [1.807, 2.05) is 16.0 Å². The van der Waals surface area contributed by atoms with Crippen molar-refractivity contribution in [1.82, 2.24) is 15.2 Å². The summed E-state index contributed by atoms with van der Waals surface area (Å²) in [6, 6.07) is 2.44. The van der Waals surface area contributed by atoms with Gasteiger partial charge in [0.2, 0.25) is 0 Å². The van der Waals surface area contributed by atoms with E-state index in [0.29, 0.717) is 5.02 Å². The number of rotatable bonds is 4. The van der Waals surface area contributed by atoms with Crippen molar-refractivity contribution in [2.75, 3.05) is 0 Å². The molecule has 0 bridgehead atoms. The van der Waals surface area contributed by atoms with Gasteiger partial charge in [-0.05, 0) is 51.2 Å². The lowest BCUT2D eigenvalue weighted by Gasteiger charge is -2.19. The fourth-order valence-corrected chi connectivity index (χ4v) is 4.55. The topological polar surface area (TPSA) is 55.9 Å². The first-order valence-corrected chi connectivity index (χ1v) is 8.61. The number of nitrogens with zero attached hydrogens (tertiary/aromatic N) is 2. The minimum Gasteiger partial charge on any atom is -0.270 e. The average Bonchev–Trinajstić information content (AvgIpc) is 3.04. The third kappa shape index (κ3) is 2.75. The summed E-state index contributed by atoms with van der Waals surface area (Å²) in [6.07, 6.45) is 6.65. The largest absolute Gasteiger partial charge is 0.270 e. The number of fused-ring (bicyclic) bond motifs is 1. The smallest absolute Gasteiger partial charge is 0.0985 e. The predicted molar refractivity (Wildman–Crippen MR) is 87.7 cm³/mol. The van der Waals surface area contributed by atoms with E-state index >= 15 is 0 Å². The molecule has 0 aliphatic heterocycles. The van der Waals surface area contributed by atoms with Crippen LogP contribution in [-0.4, -0.2) is 9.78 Å². The number of aromatic nitrogens is 2. The van der Waals surface area contributed by atoms with Crippen molar-refractivity contribution in [2.45, 2.75) is 51.6 Å². The summed E-state index contributed by atoms with van der Waals surface area (Å²) in [6.45, 7) is 4.19. The van der Waals surface area contributed by atoms with E-state index in [1.165, 1.54) is 41.0 Å². The van der Waals surface area contributed by atoms with Gasteiger partial charge in [-0.3, -0.25) is 10.5 Å². The molecule has 0 saturated heterocycles. The van der Waals surface area contributed by atoms with Crippen LogP contribution in [0.1, 0.15) is 59.8 Å². The van der Waals surface area contributed by atoms with E-state index in [1.54, 1.807) is 6.20 Å². The van der Waals surface area contributed by atoms with Gasteiger partial charge in [0.25, 0.3) is 0 Å². The molecule has 0 fully saturated rings. The van der Waals surface area contributed by atoms with Crippen LogP contribution in [0.5, 0.6) is 0 Å². The van der Waals surface area contributed by atoms with Crippen LogP contribution in [0, 0.1) is 0 Å². The number of aryl methyl sites for hydroxylation is 2. The molecule has 1 unspecified atom stereocenters. The van der Waals surface area contributed by atoms with Crippen molar-refractivity contribution in [3.8, 4) is 0 Å². The van der Waals surface area contributed by atoms with Gasteiger partial charge >= 0.3 is 0 Å². The Kier molecular flexibility index (Phi) is 4.36. The zero-order chi connectivity index (χ0) is 15.0. The highest BCUT2D eigenvalue weighted by Crippen LogP contribution is 2.37. The first-order chi connectivity index (χ1) is 10.1. The Morgan fingerprint density at radius 1 is 1.38 bits per heavy atom. The summed E-state index contributed by atoms with van der Waals surface area (Å²) < 4.78 is 1.95. The van der Waals surface area contributed by atoms with E-state index in [0.717, 1.165) is 5.69 Å². The molecule has 0 aromatic carbocycles. The maximum atomic E-state index is 6.36. The van der Waals surface area contributed by atoms with Crippen molar-refractivity contribution in [3.05, 3.63) is 38.3 Å². The quantitative estimate of drug-likeness (QED) is 0.667. The highest BCUT2D eigenvalue weighted by atomic mass is 35.5. The van der Waals surface area contributed by atoms with Gasteiger partial charge in [0.05, 0.1) is 23.0 Å². The van der Waals surface area contributed by atoms with Gasteiger partial charge in [0, 0.05) is 15.8 Å². The molecule has 0 spiro atoms. The Balaban J connectivity index is 2.02. The van der Waals surface area contributed by atoms with Gasteiger partial charge in [-0.2, -0.15) is 5.10 Å². The second kappa shape index (κ2) is 6.08. The van der Waals surface area contributed by atoms with Crippen molar-refractivity contribution >= 4 is 22.9 Å². The molecular formula is C15H21ClN4S. The van der Waals surface area contributed by atoms with Crippen LogP contribution in [0.15, 0.2) is 12.3 Å². The first kappa shape index (κ1) is 15.0. The lowest BCUT2D eigenvalue weighted by atomic mass is 9.98. The van der Waals surface area contributed by atoms with Crippen molar-refractivity contribution in [1.29, 1.82) is 0 Å². The summed E-state index contributed by atoms with van der Waals surface area (Å²) in [5.41, 5.74) is 5.36. The Hall–Kier alpha value is -0.880. The van der Waals surface area contributed by atoms with Crippen LogP contribution < -0.4 is 11.3 Å². The molecule has 3 N–H and O–H groups in total. The van der Waals surface area contributed by atoms with Gasteiger partial charge in [-0.1, -0.05) is 11.6 Å². The van der Waals surface area contributed by atoms with E-state index in [2.05, 4.69) is 30.4 Å². The Morgan fingerprint density at radius 3 is 2.81 bits per heavy atom. The third-order valence-corrected chi connectivity index (χ3v) is 5.61. The second-order valence-corrected chi connectivity index (χ2v) is 7.40. The molecule has 6 heteroatoms. The van der Waals surface area contributed by atoms with Crippen LogP contribution in [0.3, 0.4) is 0 Å². The standard InChI is InChI=1S/C15H21ClN4S/c1-9(2)20-15(11(16)8-18-20)14(19-17)13-7-10-5-3-4-6-12(10)21-13/h7-9,14,19H,3-6,17H2,1-2H3. The number of hydrazine groups is 1. The average molecular weight is 325 g/mol. The van der Waals surface area contributed by atoms with Gasteiger partial charge in [0.15, 0.2) is 0 Å². The number of hydrogen-bond acceptors (Lipinski definition) is 4. The molecule has 0 amide bonds. The molecule has 2 heterocycles. The number of nitrogens with two attached hydrogens (primary N) is 1. The summed E-state index contributed by atoms with van der Waals surface area (Å²) in [7, 11) is 0. The van der Waals surface area contributed by atoms with Crippen LogP contribution >= 0.6 is 22.9 Å². The fourth-order valence-electron chi connectivity index (χ4n) is 2.98. The summed E-state index contributed by atoms with van der Waals surface area (Å²) >= 11 is 8.22. The molecule has 1 aliphatic carbocycles. The molecule has 0 radical (unpaired) electrons. The number of thiophene rings is 1. The summed E-state index contributed by atoms with van der Waals surface area (Å²) in [4.78, 5) is 2.73. The minimum atomic E-state index is -0.0991. The first-order valence-electron chi connectivity index (χ1n) is 7.42. The predicted octanol–water partition coefficient (Wildman–Crippen LogP) is 3.61. The Bertz CT molecular complexity index is 608. The van der Waals surface area contributed by atoms with Crippen molar-refractivity contribution < 1.29 is 0 Å². The van der Waals surface area contributed by atoms with Crippen LogP contribution in [-0.2, 0) is 12.8 Å². The maximum absolute atomic E-state index is 6.36. The fraction of sp³-hybridized carbons (Fsp3) is 0.533. The third-order valence-electron chi connectivity index (χ3n) is 4.02. The molecule has 4 nitrogen and oxygen atoms in total. The summed E-state index contributed by atoms with van der Waals surface area (Å²) in [5.74, 6) is 5.85. The van der Waals surface area contributed by atoms with Crippen molar-refractivity contribution in [3.63, 3.8) is 0 Å². The van der Waals surface area contributed by atoms with Gasteiger partial charge < -0.3 is 0 Å². The SMILES string of the molecule is CC(C)n1ncc(Cl)c1C(NN)c1cc2c(s1)CCCC2. The van der Waals surface area contributed by atoms with Crippen LogP contribution in [0.4, 0.5) is 0 Å². The second-order valence-electron chi connectivity index (χ2n) is 5.82. The van der Waals surface area contributed by atoms with E-state index in [-0.39, 0.29) is 12.1 Å². The minimum absolute atomic E-state index is 0.0991. The molecule has 2 aromatic heterocycles. The maximum Gasteiger partial charge on any atom is 0.0985 e. The van der Waals surface area contributed by atoms with Gasteiger partial charge in [0.1, 0.15) is 0 Å². The summed E-state index contributed by atoms with van der Waals surface area (Å²) in [5, 5.41) is 5.05. The molecule has 2 aromatic rings. The van der Waals surface area contributed by atoms with Gasteiger partial charge in [-0.25, -0.2) is 5.43 Å². The zero-order valence-electron chi connectivity index (χ0n) is 12.4. The highest BCUT2D eigenvalue weighted by Gasteiger charge is 2.25. The van der Waals surface area contributed by atoms with E-state index < -0.39 is 0 Å². The molecule has 0 saturated carbocycles. The molecule has 1 aliphatic rings. The Labute approximate surface area is 134 Å². The zero-order valence-corrected chi connectivity index (χ0v) is 14.0. The molecule has 1 atom stereocenters. The van der Waals surface area contributed by atoms with Crippen LogP contribution in [0.25, 0.3) is 0 Å². The van der Waals surface area contributed by atoms with Crippen molar-refractivity contribution in [2.24, 2.45) is 5.84 Å². The van der Waals surface area contributed by atoms with Gasteiger partial charge in [-0.15, -0.1) is 11.3 Å².